The summed E-state index contributed by atoms with van der Waals surface area (Å²) in [5.74, 6) is -0.474. The number of nitrogens with zero attached hydrogens (tertiary/aromatic N) is 2. The zero-order valence-electron chi connectivity index (χ0n) is 13.5. The molecule has 1 aromatic rings. The van der Waals surface area contributed by atoms with E-state index in [2.05, 4.69) is 4.98 Å². The third-order valence-corrected chi connectivity index (χ3v) is 5.47. The first-order valence-electron chi connectivity index (χ1n) is 7.90. The Labute approximate surface area is 135 Å². The fraction of sp³-hybridized carbons (Fsp3) is 0.688. The molecule has 0 aliphatic heterocycles. The summed E-state index contributed by atoms with van der Waals surface area (Å²) in [4.78, 5) is 30.4. The predicted molar refractivity (Wildman–Crippen MR) is 86.5 cm³/mol. The van der Waals surface area contributed by atoms with E-state index in [4.69, 9.17) is 5.11 Å². The maximum Gasteiger partial charge on any atom is 0.305 e. The molecule has 22 heavy (non-hydrogen) atoms. The molecule has 122 valence electrons. The van der Waals surface area contributed by atoms with Crippen LogP contribution in [0.4, 0.5) is 0 Å². The van der Waals surface area contributed by atoms with Crippen molar-refractivity contribution in [2.24, 2.45) is 0 Å². The topological polar surface area (TPSA) is 70.5 Å². The van der Waals surface area contributed by atoms with Crippen LogP contribution in [0.25, 0.3) is 0 Å². The lowest BCUT2D eigenvalue weighted by Crippen LogP contribution is -2.38. The van der Waals surface area contributed by atoms with Gasteiger partial charge in [-0.2, -0.15) is 0 Å². The van der Waals surface area contributed by atoms with E-state index in [0.717, 1.165) is 23.5 Å². The van der Waals surface area contributed by atoms with E-state index < -0.39 is 5.97 Å². The molecule has 1 amide bonds. The Kier molecular flexibility index (Phi) is 5.56. The fourth-order valence-electron chi connectivity index (χ4n) is 2.90. The fourth-order valence-corrected chi connectivity index (χ4v) is 4.10. The quantitative estimate of drug-likeness (QED) is 0.870. The largest absolute Gasteiger partial charge is 0.481 e. The standard InChI is InChI=1S/C16H24N2O3S/c1-10(2)18(9-8-13(19)20)16(21)14-11(3)17-15(22-14)12-6-4-5-7-12/h10,12H,4-9H2,1-3H3,(H,19,20). The second-order valence-electron chi connectivity index (χ2n) is 6.18. The number of aliphatic carboxylic acids is 1. The summed E-state index contributed by atoms with van der Waals surface area (Å²) in [6.45, 7) is 5.93. The van der Waals surface area contributed by atoms with Gasteiger partial charge < -0.3 is 10.0 Å². The van der Waals surface area contributed by atoms with E-state index in [0.29, 0.717) is 10.8 Å². The number of carbonyl (C=O) groups is 2. The Morgan fingerprint density at radius 3 is 2.55 bits per heavy atom. The molecule has 6 heteroatoms. The van der Waals surface area contributed by atoms with E-state index in [1.165, 1.54) is 24.2 Å². The van der Waals surface area contributed by atoms with Gasteiger partial charge in [-0.25, -0.2) is 4.98 Å². The summed E-state index contributed by atoms with van der Waals surface area (Å²) in [6, 6.07) is -0.0247. The molecule has 0 saturated heterocycles. The van der Waals surface area contributed by atoms with Crippen LogP contribution in [0.3, 0.4) is 0 Å². The van der Waals surface area contributed by atoms with Crippen LogP contribution in [0, 0.1) is 6.92 Å². The number of amides is 1. The van der Waals surface area contributed by atoms with Gasteiger partial charge in [0.25, 0.3) is 5.91 Å². The minimum absolute atomic E-state index is 0.0247. The van der Waals surface area contributed by atoms with Crippen molar-refractivity contribution in [3.63, 3.8) is 0 Å². The summed E-state index contributed by atoms with van der Waals surface area (Å²) in [7, 11) is 0. The number of hydrogen-bond donors (Lipinski definition) is 1. The van der Waals surface area contributed by atoms with Crippen LogP contribution in [0.1, 0.15) is 72.2 Å². The third kappa shape index (κ3) is 3.85. The monoisotopic (exact) mass is 324 g/mol. The van der Waals surface area contributed by atoms with Gasteiger partial charge in [-0.15, -0.1) is 11.3 Å². The number of thiazole rings is 1. The molecule has 1 aromatic heterocycles. The van der Waals surface area contributed by atoms with E-state index >= 15 is 0 Å². The molecular formula is C16H24N2O3S. The highest BCUT2D eigenvalue weighted by Gasteiger charge is 2.27. The number of carbonyl (C=O) groups excluding carboxylic acids is 1. The van der Waals surface area contributed by atoms with Crippen LogP contribution in [0.15, 0.2) is 0 Å². The van der Waals surface area contributed by atoms with E-state index in [1.807, 2.05) is 20.8 Å². The van der Waals surface area contributed by atoms with Crippen LogP contribution >= 0.6 is 11.3 Å². The van der Waals surface area contributed by atoms with Crippen molar-refractivity contribution in [3.05, 3.63) is 15.6 Å². The highest BCUT2D eigenvalue weighted by Crippen LogP contribution is 2.37. The van der Waals surface area contributed by atoms with Crippen LogP contribution in [-0.2, 0) is 4.79 Å². The molecule has 1 aliphatic carbocycles. The van der Waals surface area contributed by atoms with E-state index in [1.54, 1.807) is 4.90 Å². The molecule has 1 N–H and O–H groups in total. The molecule has 1 aliphatic rings. The number of rotatable bonds is 6. The zero-order valence-corrected chi connectivity index (χ0v) is 14.3. The molecule has 1 heterocycles. The Bertz CT molecular complexity index is 548. The molecule has 5 nitrogen and oxygen atoms in total. The molecule has 0 bridgehead atoms. The number of carboxylic acid groups (broad SMARTS) is 1. The first-order valence-corrected chi connectivity index (χ1v) is 8.72. The SMILES string of the molecule is Cc1nc(C2CCCC2)sc1C(=O)N(CCC(=O)O)C(C)C. The number of hydrogen-bond acceptors (Lipinski definition) is 4. The lowest BCUT2D eigenvalue weighted by molar-refractivity contribution is -0.137. The Morgan fingerprint density at radius 1 is 1.36 bits per heavy atom. The van der Waals surface area contributed by atoms with Gasteiger partial charge >= 0.3 is 5.97 Å². The summed E-state index contributed by atoms with van der Waals surface area (Å²) in [5, 5.41) is 9.92. The van der Waals surface area contributed by atoms with Gasteiger partial charge in [0.2, 0.25) is 0 Å². The van der Waals surface area contributed by atoms with Gasteiger partial charge in [-0.1, -0.05) is 12.8 Å². The van der Waals surface area contributed by atoms with Gasteiger partial charge in [0.1, 0.15) is 4.88 Å². The summed E-state index contributed by atoms with van der Waals surface area (Å²) in [6.07, 6.45) is 4.77. The number of aryl methyl sites for hydroxylation is 1. The average Bonchev–Trinajstić information content (AvgIpc) is 3.06. The van der Waals surface area contributed by atoms with Crippen molar-refractivity contribution in [2.45, 2.75) is 64.8 Å². The minimum atomic E-state index is -0.883. The first-order chi connectivity index (χ1) is 10.4. The molecule has 2 rings (SSSR count). The first kappa shape index (κ1) is 16.9. The molecule has 1 fully saturated rings. The van der Waals surface area contributed by atoms with Gasteiger partial charge in [-0.05, 0) is 33.6 Å². The second-order valence-corrected chi connectivity index (χ2v) is 7.21. The van der Waals surface area contributed by atoms with E-state index in [-0.39, 0.29) is 24.9 Å². The zero-order chi connectivity index (χ0) is 16.3. The van der Waals surface area contributed by atoms with Crippen LogP contribution in [0.5, 0.6) is 0 Å². The average molecular weight is 324 g/mol. The van der Waals surface area contributed by atoms with Crippen molar-refractivity contribution >= 4 is 23.2 Å². The number of carboxylic acids is 1. The Morgan fingerprint density at radius 2 is 2.00 bits per heavy atom. The van der Waals surface area contributed by atoms with Crippen LogP contribution < -0.4 is 0 Å². The Balaban J connectivity index is 2.17. The van der Waals surface area contributed by atoms with Crippen molar-refractivity contribution in [1.29, 1.82) is 0 Å². The molecule has 0 unspecified atom stereocenters. The van der Waals surface area contributed by atoms with Gasteiger partial charge in [-0.3, -0.25) is 9.59 Å². The van der Waals surface area contributed by atoms with Gasteiger partial charge in [0.05, 0.1) is 17.1 Å². The highest BCUT2D eigenvalue weighted by molar-refractivity contribution is 7.13. The summed E-state index contributed by atoms with van der Waals surface area (Å²) in [5.41, 5.74) is 0.776. The van der Waals surface area contributed by atoms with Crippen molar-refractivity contribution in [2.75, 3.05) is 6.54 Å². The lowest BCUT2D eigenvalue weighted by Gasteiger charge is -2.25. The third-order valence-electron chi connectivity index (χ3n) is 4.16. The summed E-state index contributed by atoms with van der Waals surface area (Å²) >= 11 is 1.50. The molecule has 0 aromatic carbocycles. The van der Waals surface area contributed by atoms with Crippen LogP contribution in [0.2, 0.25) is 0 Å². The number of aromatic nitrogens is 1. The summed E-state index contributed by atoms with van der Waals surface area (Å²) < 4.78 is 0. The Hall–Kier alpha value is -1.43. The van der Waals surface area contributed by atoms with Crippen molar-refractivity contribution in [3.8, 4) is 0 Å². The molecule has 0 spiro atoms. The molecule has 0 radical (unpaired) electrons. The van der Waals surface area contributed by atoms with Gasteiger partial charge in [0, 0.05) is 18.5 Å². The van der Waals surface area contributed by atoms with Crippen molar-refractivity contribution in [1.82, 2.24) is 9.88 Å². The lowest BCUT2D eigenvalue weighted by atomic mass is 10.1. The van der Waals surface area contributed by atoms with Crippen LogP contribution in [-0.4, -0.2) is 39.5 Å². The predicted octanol–water partition coefficient (Wildman–Crippen LogP) is 3.43. The maximum absolute atomic E-state index is 12.8. The molecular weight excluding hydrogens is 300 g/mol. The minimum Gasteiger partial charge on any atom is -0.481 e. The molecule has 0 atom stereocenters. The smallest absolute Gasteiger partial charge is 0.305 e. The highest BCUT2D eigenvalue weighted by atomic mass is 32.1. The van der Waals surface area contributed by atoms with Crippen molar-refractivity contribution < 1.29 is 14.7 Å². The maximum atomic E-state index is 12.8. The van der Waals surface area contributed by atoms with Gasteiger partial charge in [0.15, 0.2) is 0 Å². The normalized spacial score (nSPS) is 15.5. The second kappa shape index (κ2) is 7.22. The van der Waals surface area contributed by atoms with E-state index in [9.17, 15) is 9.59 Å². The molecule has 1 saturated carbocycles.